The maximum atomic E-state index is 4.84. The predicted molar refractivity (Wildman–Crippen MR) is 99.0 cm³/mol. The molecule has 0 saturated heterocycles. The van der Waals surface area contributed by atoms with Gasteiger partial charge >= 0.3 is 0 Å². The molecule has 23 heavy (non-hydrogen) atoms. The Kier molecular flexibility index (Phi) is 3.58. The number of amidine groups is 1. The molecule has 0 atom stereocenters. The molecule has 2 aliphatic rings. The van der Waals surface area contributed by atoms with E-state index in [1.807, 2.05) is 25.1 Å². The van der Waals surface area contributed by atoms with Crippen LogP contribution in [0.25, 0.3) is 0 Å². The second-order valence-corrected chi connectivity index (χ2v) is 6.55. The first-order valence-electron chi connectivity index (χ1n) is 7.50. The van der Waals surface area contributed by atoms with Crippen LogP contribution in [-0.4, -0.2) is 30.3 Å². The van der Waals surface area contributed by atoms with Gasteiger partial charge in [-0.3, -0.25) is 4.99 Å². The fourth-order valence-electron chi connectivity index (χ4n) is 2.90. The number of halogens is 1. The second-order valence-electron chi connectivity index (χ2n) is 5.63. The number of anilines is 1. The van der Waals surface area contributed by atoms with Gasteiger partial charge in [0.25, 0.3) is 0 Å². The maximum Gasteiger partial charge on any atom is 0.154 e. The third-order valence-electron chi connectivity index (χ3n) is 3.96. The summed E-state index contributed by atoms with van der Waals surface area (Å²) in [5.74, 6) is 0.894. The van der Waals surface area contributed by atoms with Crippen LogP contribution < -0.4 is 4.90 Å². The highest BCUT2D eigenvalue weighted by atomic mass is 79.9. The molecule has 0 amide bonds. The van der Waals surface area contributed by atoms with Gasteiger partial charge in [-0.25, -0.2) is 0 Å². The van der Waals surface area contributed by atoms with E-state index in [1.165, 1.54) is 0 Å². The first-order valence-corrected chi connectivity index (χ1v) is 8.29. The smallest absolute Gasteiger partial charge is 0.154 e. The molecular formula is C18H15BrN4. The topological polar surface area (TPSA) is 40.3 Å². The molecule has 4 rings (SSSR count). The number of hydrogen-bond acceptors (Lipinski definition) is 4. The highest BCUT2D eigenvalue weighted by molar-refractivity contribution is 9.10. The van der Waals surface area contributed by atoms with Crippen molar-refractivity contribution in [1.82, 2.24) is 0 Å². The summed E-state index contributed by atoms with van der Waals surface area (Å²) in [6.45, 7) is 3.29. The molecule has 2 aliphatic heterocycles. The maximum absolute atomic E-state index is 4.84. The molecule has 0 unspecified atom stereocenters. The molecule has 114 valence electrons. The van der Waals surface area contributed by atoms with E-state index in [1.54, 1.807) is 0 Å². The van der Waals surface area contributed by atoms with Gasteiger partial charge in [-0.05, 0) is 25.1 Å². The third-order valence-corrected chi connectivity index (χ3v) is 4.46. The highest BCUT2D eigenvalue weighted by Gasteiger charge is 2.26. The lowest BCUT2D eigenvalue weighted by Gasteiger charge is -2.27. The van der Waals surface area contributed by atoms with Gasteiger partial charge in [-0.15, -0.1) is 5.10 Å². The molecule has 0 radical (unpaired) electrons. The van der Waals surface area contributed by atoms with Crippen LogP contribution in [0, 0.1) is 0 Å². The summed E-state index contributed by atoms with van der Waals surface area (Å²) in [5, 5.41) is 8.58. The van der Waals surface area contributed by atoms with E-state index < -0.39 is 0 Å². The molecule has 0 saturated carbocycles. The third kappa shape index (κ3) is 2.61. The van der Waals surface area contributed by atoms with Crippen LogP contribution in [0.4, 0.5) is 5.69 Å². The lowest BCUT2D eigenvalue weighted by molar-refractivity contribution is 1.03. The summed E-state index contributed by atoms with van der Waals surface area (Å²) >= 11 is 3.59. The van der Waals surface area contributed by atoms with Gasteiger partial charge in [0.15, 0.2) is 5.84 Å². The van der Waals surface area contributed by atoms with Crippen LogP contribution >= 0.6 is 15.9 Å². The van der Waals surface area contributed by atoms with Gasteiger partial charge < -0.3 is 4.90 Å². The van der Waals surface area contributed by atoms with Gasteiger partial charge in [-0.1, -0.05) is 46.3 Å². The SMILES string of the molecule is CC1=NN=C2CN=C(c3ccccc3)c3cc(Br)ccc3N2C1. The van der Waals surface area contributed by atoms with Crippen molar-refractivity contribution in [1.29, 1.82) is 0 Å². The fraction of sp³-hybridized carbons (Fsp3) is 0.167. The Morgan fingerprint density at radius 1 is 1.04 bits per heavy atom. The number of rotatable bonds is 1. The minimum absolute atomic E-state index is 0.535. The molecular weight excluding hydrogens is 352 g/mol. The molecule has 2 aromatic rings. The monoisotopic (exact) mass is 366 g/mol. The van der Waals surface area contributed by atoms with Crippen molar-refractivity contribution >= 4 is 38.9 Å². The van der Waals surface area contributed by atoms with Gasteiger partial charge in [-0.2, -0.15) is 5.10 Å². The summed E-state index contributed by atoms with van der Waals surface area (Å²) in [5.41, 5.74) is 5.36. The number of nitrogens with zero attached hydrogens (tertiary/aromatic N) is 4. The zero-order valence-corrected chi connectivity index (χ0v) is 14.3. The van der Waals surface area contributed by atoms with Gasteiger partial charge in [0, 0.05) is 15.6 Å². The molecule has 2 aromatic carbocycles. The van der Waals surface area contributed by atoms with E-state index in [-0.39, 0.29) is 0 Å². The summed E-state index contributed by atoms with van der Waals surface area (Å²) in [4.78, 5) is 7.05. The Labute approximate surface area is 143 Å². The van der Waals surface area contributed by atoms with Gasteiger partial charge in [0.05, 0.1) is 30.2 Å². The molecule has 0 spiro atoms. The quantitative estimate of drug-likeness (QED) is 0.754. The molecule has 0 aromatic heterocycles. The van der Waals surface area contributed by atoms with Crippen LogP contribution in [0.15, 0.2) is 68.2 Å². The molecule has 0 N–H and O–H groups in total. The highest BCUT2D eigenvalue weighted by Crippen LogP contribution is 2.30. The second kappa shape index (κ2) is 5.74. The Balaban J connectivity index is 1.92. The van der Waals surface area contributed by atoms with E-state index in [0.29, 0.717) is 6.54 Å². The van der Waals surface area contributed by atoms with Gasteiger partial charge in [0.2, 0.25) is 0 Å². The van der Waals surface area contributed by atoms with E-state index in [0.717, 1.165) is 45.1 Å². The van der Waals surface area contributed by atoms with Crippen molar-refractivity contribution in [3.63, 3.8) is 0 Å². The Morgan fingerprint density at radius 3 is 2.70 bits per heavy atom. The molecule has 0 bridgehead atoms. The van der Waals surface area contributed by atoms with Crippen LogP contribution in [0.1, 0.15) is 18.1 Å². The normalized spacial score (nSPS) is 16.6. The van der Waals surface area contributed by atoms with Crippen molar-refractivity contribution in [2.24, 2.45) is 15.2 Å². The summed E-state index contributed by atoms with van der Waals surface area (Å²) in [6.07, 6.45) is 0. The van der Waals surface area contributed by atoms with Gasteiger partial charge in [0.1, 0.15) is 0 Å². The predicted octanol–water partition coefficient (Wildman–Crippen LogP) is 3.89. The average Bonchev–Trinajstić information content (AvgIpc) is 2.72. The van der Waals surface area contributed by atoms with Crippen molar-refractivity contribution in [3.8, 4) is 0 Å². The van der Waals surface area contributed by atoms with Crippen molar-refractivity contribution < 1.29 is 0 Å². The van der Waals surface area contributed by atoms with Crippen molar-refractivity contribution in [2.45, 2.75) is 6.92 Å². The van der Waals surface area contributed by atoms with Crippen molar-refractivity contribution in [2.75, 3.05) is 18.0 Å². The lowest BCUT2D eigenvalue weighted by atomic mass is 10.00. The van der Waals surface area contributed by atoms with Crippen LogP contribution in [0.3, 0.4) is 0 Å². The van der Waals surface area contributed by atoms with Crippen LogP contribution in [-0.2, 0) is 0 Å². The van der Waals surface area contributed by atoms with Crippen LogP contribution in [0.2, 0.25) is 0 Å². The Bertz CT molecular complexity index is 853. The minimum Gasteiger partial charge on any atom is -0.320 e. The zero-order valence-electron chi connectivity index (χ0n) is 12.7. The first-order chi connectivity index (χ1) is 11.2. The number of hydrogen-bond donors (Lipinski definition) is 0. The Morgan fingerprint density at radius 2 is 1.87 bits per heavy atom. The summed E-state index contributed by atoms with van der Waals surface area (Å²) in [6, 6.07) is 16.6. The van der Waals surface area contributed by atoms with E-state index >= 15 is 0 Å². The summed E-state index contributed by atoms with van der Waals surface area (Å²) in [7, 11) is 0. The fourth-order valence-corrected chi connectivity index (χ4v) is 3.26. The zero-order chi connectivity index (χ0) is 15.8. The van der Waals surface area contributed by atoms with Crippen LogP contribution in [0.5, 0.6) is 0 Å². The Hall–Kier alpha value is -2.27. The lowest BCUT2D eigenvalue weighted by Crippen LogP contribution is -2.38. The van der Waals surface area contributed by atoms with E-state index in [2.05, 4.69) is 61.4 Å². The molecule has 0 aliphatic carbocycles. The first kappa shape index (κ1) is 14.3. The average molecular weight is 367 g/mol. The summed E-state index contributed by atoms with van der Waals surface area (Å²) < 4.78 is 1.04. The standard InChI is InChI=1S/C18H15BrN4/c1-12-11-23-16-8-7-14(19)9-15(16)18(13-5-3-2-4-6-13)20-10-17(23)22-21-12/h2-9H,10-11H2,1H3. The largest absolute Gasteiger partial charge is 0.320 e. The number of benzene rings is 2. The molecule has 0 fully saturated rings. The number of aliphatic imine (C=N–C) groups is 1. The van der Waals surface area contributed by atoms with Crippen molar-refractivity contribution in [3.05, 3.63) is 64.1 Å². The molecule has 4 nitrogen and oxygen atoms in total. The molecule has 5 heteroatoms. The minimum atomic E-state index is 0.535. The van der Waals surface area contributed by atoms with E-state index in [9.17, 15) is 0 Å². The van der Waals surface area contributed by atoms with E-state index in [4.69, 9.17) is 4.99 Å². The molecule has 2 heterocycles. The number of fused-ring (bicyclic) bond motifs is 3.